The van der Waals surface area contributed by atoms with E-state index in [0.29, 0.717) is 0 Å². The largest absolute Gasteiger partial charge is 0.330 e. The molecule has 0 aliphatic heterocycles. The third-order valence-electron chi connectivity index (χ3n) is 1.28. The van der Waals surface area contributed by atoms with E-state index >= 15 is 0 Å². The lowest BCUT2D eigenvalue weighted by atomic mass is 10.3. The van der Waals surface area contributed by atoms with Crippen molar-refractivity contribution in [2.75, 3.05) is 13.1 Å². The van der Waals surface area contributed by atoms with Crippen molar-refractivity contribution < 1.29 is 0 Å². The summed E-state index contributed by atoms with van der Waals surface area (Å²) in [6.07, 6.45) is 4.04. The minimum Gasteiger partial charge on any atom is -0.330 e. The molecule has 8 N–H and O–H groups in total. The topological polar surface area (TPSA) is 104 Å². The van der Waals surface area contributed by atoms with E-state index in [2.05, 4.69) is 6.92 Å². The quantitative estimate of drug-likeness (QED) is 0.384. The van der Waals surface area contributed by atoms with Crippen LogP contribution in [0.2, 0.25) is 0 Å². The fourth-order valence-corrected chi connectivity index (χ4v) is 0.622. The van der Waals surface area contributed by atoms with Crippen molar-refractivity contribution in [3.05, 3.63) is 0 Å². The SMILES string of the molecule is CCCC(N)N.Cl.NCCCCN. The Hall–Kier alpha value is 0.130. The monoisotopic (exact) mass is 212 g/mol. The lowest BCUT2D eigenvalue weighted by Gasteiger charge is -1.97. The maximum atomic E-state index is 5.18. The first-order chi connectivity index (χ1) is 5.68. The van der Waals surface area contributed by atoms with Gasteiger partial charge in [0.25, 0.3) is 0 Å². The summed E-state index contributed by atoms with van der Waals surface area (Å²) in [6.45, 7) is 3.61. The minimum absolute atomic E-state index is 0. The van der Waals surface area contributed by atoms with Gasteiger partial charge in [0.1, 0.15) is 0 Å². The third-order valence-corrected chi connectivity index (χ3v) is 1.28. The number of rotatable bonds is 5. The van der Waals surface area contributed by atoms with Gasteiger partial charge in [-0.05, 0) is 32.4 Å². The van der Waals surface area contributed by atoms with Crippen LogP contribution in [0.3, 0.4) is 0 Å². The number of nitrogens with two attached hydrogens (primary N) is 4. The van der Waals surface area contributed by atoms with Gasteiger partial charge >= 0.3 is 0 Å². The van der Waals surface area contributed by atoms with Gasteiger partial charge in [-0.3, -0.25) is 0 Å². The molecule has 0 aromatic heterocycles. The highest BCUT2D eigenvalue weighted by Crippen LogP contribution is 1.83. The van der Waals surface area contributed by atoms with E-state index in [4.69, 9.17) is 22.9 Å². The van der Waals surface area contributed by atoms with Gasteiger partial charge < -0.3 is 22.9 Å². The first-order valence-corrected chi connectivity index (χ1v) is 4.60. The summed E-state index contributed by atoms with van der Waals surface area (Å²) < 4.78 is 0. The Kier molecular flexibility index (Phi) is 26.1. The summed E-state index contributed by atoms with van der Waals surface area (Å²) in [5, 5.41) is 0. The van der Waals surface area contributed by atoms with Gasteiger partial charge in [0.15, 0.2) is 0 Å². The van der Waals surface area contributed by atoms with E-state index < -0.39 is 0 Å². The van der Waals surface area contributed by atoms with Gasteiger partial charge in [-0.1, -0.05) is 13.3 Å². The van der Waals surface area contributed by atoms with Crippen LogP contribution in [0.4, 0.5) is 0 Å². The van der Waals surface area contributed by atoms with Crippen LogP contribution in [-0.4, -0.2) is 19.3 Å². The van der Waals surface area contributed by atoms with Crippen molar-refractivity contribution in [1.29, 1.82) is 0 Å². The molecule has 0 radical (unpaired) electrons. The highest BCUT2D eigenvalue weighted by atomic mass is 35.5. The van der Waals surface area contributed by atoms with E-state index in [1.165, 1.54) is 0 Å². The minimum atomic E-state index is -0.102. The van der Waals surface area contributed by atoms with E-state index in [0.717, 1.165) is 38.8 Å². The summed E-state index contributed by atoms with van der Waals surface area (Å²) >= 11 is 0. The molecule has 4 nitrogen and oxygen atoms in total. The molecule has 5 heteroatoms. The molecule has 0 aromatic carbocycles. The fraction of sp³-hybridized carbons (Fsp3) is 1.00. The van der Waals surface area contributed by atoms with Crippen LogP contribution < -0.4 is 22.9 Å². The zero-order chi connectivity index (χ0) is 9.82. The number of halogens is 1. The van der Waals surface area contributed by atoms with E-state index in [9.17, 15) is 0 Å². The highest BCUT2D eigenvalue weighted by Gasteiger charge is 1.85. The van der Waals surface area contributed by atoms with Gasteiger partial charge in [0, 0.05) is 0 Å². The van der Waals surface area contributed by atoms with Crippen molar-refractivity contribution >= 4 is 12.4 Å². The Labute approximate surface area is 87.8 Å². The Morgan fingerprint density at radius 1 is 1.00 bits per heavy atom. The standard InChI is InChI=1S/2C4H12N2.ClH/c1-2-3-4(5)6;5-3-1-2-4-6;/h4H,2-3,5-6H2,1H3;1-6H2;1H. The number of hydrogen-bond donors (Lipinski definition) is 4. The molecule has 0 bridgehead atoms. The van der Waals surface area contributed by atoms with Crippen molar-refractivity contribution in [3.8, 4) is 0 Å². The smallest absolute Gasteiger partial charge is 0.0520 e. The summed E-state index contributed by atoms with van der Waals surface area (Å²) in [7, 11) is 0. The van der Waals surface area contributed by atoms with Crippen molar-refractivity contribution in [2.45, 2.75) is 38.8 Å². The van der Waals surface area contributed by atoms with Crippen LogP contribution in [-0.2, 0) is 0 Å². The molecular weight excluding hydrogens is 188 g/mol. The molecule has 0 atom stereocenters. The third kappa shape index (κ3) is 33.1. The molecule has 13 heavy (non-hydrogen) atoms. The maximum Gasteiger partial charge on any atom is 0.0520 e. The molecule has 0 unspecified atom stereocenters. The van der Waals surface area contributed by atoms with Gasteiger partial charge in [0.05, 0.1) is 6.17 Å². The average Bonchev–Trinajstić information content (AvgIpc) is 2.02. The predicted molar refractivity (Wildman–Crippen MR) is 61.7 cm³/mol. The second kappa shape index (κ2) is 18.0. The van der Waals surface area contributed by atoms with Crippen LogP contribution in [0, 0.1) is 0 Å². The number of unbranched alkanes of at least 4 members (excludes halogenated alkanes) is 1. The fourth-order valence-electron chi connectivity index (χ4n) is 0.622. The predicted octanol–water partition coefficient (Wildman–Crippen LogP) is 0.136. The van der Waals surface area contributed by atoms with Crippen LogP contribution in [0.15, 0.2) is 0 Å². The maximum absolute atomic E-state index is 5.18. The van der Waals surface area contributed by atoms with Gasteiger partial charge in [-0.25, -0.2) is 0 Å². The molecule has 0 rings (SSSR count). The van der Waals surface area contributed by atoms with Crippen LogP contribution in [0.25, 0.3) is 0 Å². The Balaban J connectivity index is -0.000000143. The van der Waals surface area contributed by atoms with E-state index in [1.54, 1.807) is 0 Å². The van der Waals surface area contributed by atoms with Gasteiger partial charge in [-0.2, -0.15) is 0 Å². The van der Waals surface area contributed by atoms with Crippen LogP contribution >= 0.6 is 12.4 Å². The molecule has 0 spiro atoms. The summed E-state index contributed by atoms with van der Waals surface area (Å²) in [5.41, 5.74) is 20.7. The molecule has 0 heterocycles. The van der Waals surface area contributed by atoms with E-state index in [1.807, 2.05) is 0 Å². The molecule has 0 fully saturated rings. The van der Waals surface area contributed by atoms with E-state index in [-0.39, 0.29) is 18.6 Å². The molecule has 0 aliphatic carbocycles. The highest BCUT2D eigenvalue weighted by molar-refractivity contribution is 5.85. The van der Waals surface area contributed by atoms with Crippen LogP contribution in [0.5, 0.6) is 0 Å². The average molecular weight is 213 g/mol. The van der Waals surface area contributed by atoms with Gasteiger partial charge in [0.2, 0.25) is 0 Å². The summed E-state index contributed by atoms with van der Waals surface area (Å²) in [5.74, 6) is 0. The van der Waals surface area contributed by atoms with Crippen molar-refractivity contribution in [1.82, 2.24) is 0 Å². The first kappa shape index (κ1) is 18.8. The second-order valence-electron chi connectivity index (χ2n) is 2.74. The number of hydrogen-bond acceptors (Lipinski definition) is 4. The Morgan fingerprint density at radius 2 is 1.38 bits per heavy atom. The zero-order valence-corrected chi connectivity index (χ0v) is 9.35. The lowest BCUT2D eigenvalue weighted by Crippen LogP contribution is -2.29. The molecule has 0 saturated heterocycles. The summed E-state index contributed by atoms with van der Waals surface area (Å²) in [4.78, 5) is 0. The van der Waals surface area contributed by atoms with Gasteiger partial charge in [-0.15, -0.1) is 12.4 Å². The molecular formula is C8H25ClN4. The van der Waals surface area contributed by atoms with Crippen molar-refractivity contribution in [3.63, 3.8) is 0 Å². The Bertz CT molecular complexity index is 67.2. The molecule has 0 aromatic rings. The molecule has 84 valence electrons. The summed E-state index contributed by atoms with van der Waals surface area (Å²) in [6, 6.07) is 0. The second-order valence-corrected chi connectivity index (χ2v) is 2.74. The normalized spacial score (nSPS) is 8.77. The molecule has 0 amide bonds. The Morgan fingerprint density at radius 3 is 1.46 bits per heavy atom. The first-order valence-electron chi connectivity index (χ1n) is 4.60. The zero-order valence-electron chi connectivity index (χ0n) is 8.54. The lowest BCUT2D eigenvalue weighted by molar-refractivity contribution is 0.627. The van der Waals surface area contributed by atoms with Crippen LogP contribution in [0.1, 0.15) is 32.6 Å². The molecule has 0 saturated carbocycles. The molecule has 0 aliphatic rings. The van der Waals surface area contributed by atoms with Crippen molar-refractivity contribution in [2.24, 2.45) is 22.9 Å².